The second kappa shape index (κ2) is 10.7. The molecule has 148 valence electrons. The quantitative estimate of drug-likeness (QED) is 0.390. The average molecular weight is 483 g/mol. The Morgan fingerprint density at radius 2 is 2.15 bits per heavy atom. The van der Waals surface area contributed by atoms with Crippen LogP contribution >= 0.6 is 24.0 Å². The molecule has 3 rings (SSSR count). The van der Waals surface area contributed by atoms with Crippen molar-refractivity contribution in [1.82, 2.24) is 20.0 Å². The van der Waals surface area contributed by atoms with Crippen LogP contribution in [0, 0.1) is 5.92 Å². The van der Waals surface area contributed by atoms with Crippen LogP contribution in [0.15, 0.2) is 47.7 Å². The van der Waals surface area contributed by atoms with Gasteiger partial charge in [-0.3, -0.25) is 9.67 Å². The normalized spacial score (nSPS) is 19.6. The predicted octanol–water partition coefficient (Wildman–Crippen LogP) is 3.21. The summed E-state index contributed by atoms with van der Waals surface area (Å²) in [7, 11) is 4.00. The van der Waals surface area contributed by atoms with Crippen molar-refractivity contribution in [3.8, 4) is 0 Å². The van der Waals surface area contributed by atoms with Crippen molar-refractivity contribution in [2.75, 3.05) is 26.7 Å². The van der Waals surface area contributed by atoms with Gasteiger partial charge < -0.3 is 15.0 Å². The van der Waals surface area contributed by atoms with E-state index in [1.54, 1.807) is 0 Å². The first-order chi connectivity index (χ1) is 12.7. The molecule has 1 fully saturated rings. The smallest absolute Gasteiger partial charge is 0.193 e. The van der Waals surface area contributed by atoms with Gasteiger partial charge in [-0.25, -0.2) is 0 Å². The van der Waals surface area contributed by atoms with E-state index in [-0.39, 0.29) is 30.1 Å². The molecule has 0 bridgehead atoms. The Balaban J connectivity index is 0.00000261. The summed E-state index contributed by atoms with van der Waals surface area (Å²) >= 11 is 0. The summed E-state index contributed by atoms with van der Waals surface area (Å²) in [6.07, 6.45) is 5.13. The summed E-state index contributed by atoms with van der Waals surface area (Å²) in [4.78, 5) is 7.05. The minimum atomic E-state index is 0. The third kappa shape index (κ3) is 5.93. The molecule has 0 spiro atoms. The summed E-state index contributed by atoms with van der Waals surface area (Å²) < 4.78 is 7.82. The van der Waals surface area contributed by atoms with E-state index in [4.69, 9.17) is 9.73 Å². The molecule has 1 saturated heterocycles. The fourth-order valence-corrected chi connectivity index (χ4v) is 3.41. The summed E-state index contributed by atoms with van der Waals surface area (Å²) in [6.45, 7) is 5.29. The fourth-order valence-electron chi connectivity index (χ4n) is 3.41. The number of aliphatic imine (C=N–C) groups is 1. The largest absolute Gasteiger partial charge is 0.373 e. The fraction of sp³-hybridized carbons (Fsp3) is 0.500. The van der Waals surface area contributed by atoms with E-state index < -0.39 is 0 Å². The lowest BCUT2D eigenvalue weighted by atomic mass is 9.95. The zero-order valence-corrected chi connectivity index (χ0v) is 18.7. The van der Waals surface area contributed by atoms with E-state index in [2.05, 4.69) is 53.6 Å². The SMILES string of the molecule is CCNC(=NCC1CCOC1c1ccccc1)N(C)Cc1cnn(C)c1.I. The molecule has 0 saturated carbocycles. The number of halogens is 1. The Hall–Kier alpha value is -1.61. The lowest BCUT2D eigenvalue weighted by molar-refractivity contribution is 0.0925. The third-order valence-electron chi connectivity index (χ3n) is 4.69. The Labute approximate surface area is 179 Å². The summed E-state index contributed by atoms with van der Waals surface area (Å²) in [5, 5.41) is 7.64. The second-order valence-corrected chi connectivity index (χ2v) is 6.82. The molecule has 0 radical (unpaired) electrons. The van der Waals surface area contributed by atoms with Crippen molar-refractivity contribution >= 4 is 29.9 Å². The summed E-state index contributed by atoms with van der Waals surface area (Å²) in [5.74, 6) is 1.34. The van der Waals surface area contributed by atoms with E-state index in [1.165, 1.54) is 11.1 Å². The molecule has 1 aliphatic heterocycles. The van der Waals surface area contributed by atoms with Crippen molar-refractivity contribution in [2.45, 2.75) is 26.0 Å². The van der Waals surface area contributed by atoms with Crippen LogP contribution in [0.2, 0.25) is 0 Å². The average Bonchev–Trinajstić information content (AvgIpc) is 3.28. The zero-order valence-electron chi connectivity index (χ0n) is 16.3. The van der Waals surface area contributed by atoms with Gasteiger partial charge in [-0.05, 0) is 18.9 Å². The van der Waals surface area contributed by atoms with Gasteiger partial charge in [-0.15, -0.1) is 24.0 Å². The lowest BCUT2D eigenvalue weighted by Crippen LogP contribution is -2.38. The second-order valence-electron chi connectivity index (χ2n) is 6.82. The number of hydrogen-bond acceptors (Lipinski definition) is 3. The lowest BCUT2D eigenvalue weighted by Gasteiger charge is -2.23. The Bertz CT molecular complexity index is 718. The van der Waals surface area contributed by atoms with Crippen molar-refractivity contribution in [1.29, 1.82) is 0 Å². The van der Waals surface area contributed by atoms with Gasteiger partial charge in [0.2, 0.25) is 0 Å². The van der Waals surface area contributed by atoms with Crippen LogP contribution in [0.25, 0.3) is 0 Å². The molecule has 1 aliphatic rings. The van der Waals surface area contributed by atoms with Gasteiger partial charge in [0.05, 0.1) is 12.3 Å². The standard InChI is InChI=1S/C20H29N5O.HI/c1-4-21-20(24(2)14-16-12-23-25(3)15-16)22-13-18-10-11-26-19(18)17-8-6-5-7-9-17;/h5-9,12,15,18-19H,4,10-11,13-14H2,1-3H3,(H,21,22);1H. The predicted molar refractivity (Wildman–Crippen MR) is 119 cm³/mol. The summed E-state index contributed by atoms with van der Waals surface area (Å²) in [6, 6.07) is 10.5. The van der Waals surface area contributed by atoms with Crippen LogP contribution in [0.1, 0.15) is 30.6 Å². The Morgan fingerprint density at radius 1 is 1.37 bits per heavy atom. The van der Waals surface area contributed by atoms with Gasteiger partial charge in [0.1, 0.15) is 0 Å². The molecule has 6 nitrogen and oxygen atoms in total. The molecule has 1 N–H and O–H groups in total. The van der Waals surface area contributed by atoms with E-state index in [0.717, 1.165) is 38.6 Å². The van der Waals surface area contributed by atoms with E-state index in [9.17, 15) is 0 Å². The third-order valence-corrected chi connectivity index (χ3v) is 4.69. The topological polar surface area (TPSA) is 54.7 Å². The minimum Gasteiger partial charge on any atom is -0.373 e. The first kappa shape index (κ1) is 21.7. The van der Waals surface area contributed by atoms with Crippen LogP contribution in [0.3, 0.4) is 0 Å². The molecule has 2 aromatic rings. The maximum Gasteiger partial charge on any atom is 0.193 e. The van der Waals surface area contributed by atoms with Crippen LogP contribution in [-0.2, 0) is 18.3 Å². The number of guanidine groups is 1. The molecular formula is C20H30IN5O. The molecule has 2 unspecified atom stereocenters. The number of nitrogens with zero attached hydrogens (tertiary/aromatic N) is 4. The molecule has 1 aromatic heterocycles. The minimum absolute atomic E-state index is 0. The maximum absolute atomic E-state index is 5.99. The van der Waals surface area contributed by atoms with Crippen LogP contribution in [0.5, 0.6) is 0 Å². The van der Waals surface area contributed by atoms with E-state index >= 15 is 0 Å². The summed E-state index contributed by atoms with van der Waals surface area (Å²) in [5.41, 5.74) is 2.42. The first-order valence-electron chi connectivity index (χ1n) is 9.31. The van der Waals surface area contributed by atoms with Crippen molar-refractivity contribution < 1.29 is 4.74 Å². The molecule has 0 aliphatic carbocycles. The van der Waals surface area contributed by atoms with E-state index in [1.807, 2.05) is 30.2 Å². The Kier molecular flexibility index (Phi) is 8.56. The molecule has 2 heterocycles. The first-order valence-corrected chi connectivity index (χ1v) is 9.31. The highest BCUT2D eigenvalue weighted by atomic mass is 127. The highest BCUT2D eigenvalue weighted by Gasteiger charge is 2.29. The molecule has 1 aromatic carbocycles. The van der Waals surface area contributed by atoms with Gasteiger partial charge in [0, 0.05) is 58.0 Å². The number of rotatable bonds is 6. The van der Waals surface area contributed by atoms with Crippen LogP contribution in [0.4, 0.5) is 0 Å². The number of aromatic nitrogens is 2. The monoisotopic (exact) mass is 483 g/mol. The van der Waals surface area contributed by atoms with Crippen LogP contribution < -0.4 is 5.32 Å². The number of hydrogen-bond donors (Lipinski definition) is 1. The van der Waals surface area contributed by atoms with Crippen LogP contribution in [-0.4, -0.2) is 47.4 Å². The molecule has 27 heavy (non-hydrogen) atoms. The molecular weight excluding hydrogens is 453 g/mol. The molecule has 7 heteroatoms. The van der Waals surface area contributed by atoms with Gasteiger partial charge in [0.25, 0.3) is 0 Å². The number of aryl methyl sites for hydroxylation is 1. The number of ether oxygens (including phenoxy) is 1. The zero-order chi connectivity index (χ0) is 18.4. The van der Waals surface area contributed by atoms with Crippen molar-refractivity contribution in [3.63, 3.8) is 0 Å². The van der Waals surface area contributed by atoms with Gasteiger partial charge in [0.15, 0.2) is 5.96 Å². The molecule has 2 atom stereocenters. The number of benzene rings is 1. The van der Waals surface area contributed by atoms with Crippen molar-refractivity contribution in [2.24, 2.45) is 18.0 Å². The van der Waals surface area contributed by atoms with E-state index in [0.29, 0.717) is 5.92 Å². The van der Waals surface area contributed by atoms with Gasteiger partial charge in [-0.1, -0.05) is 30.3 Å². The number of nitrogens with one attached hydrogen (secondary N) is 1. The van der Waals surface area contributed by atoms with Gasteiger partial charge in [-0.2, -0.15) is 5.10 Å². The highest BCUT2D eigenvalue weighted by Crippen LogP contribution is 2.34. The highest BCUT2D eigenvalue weighted by molar-refractivity contribution is 14.0. The Morgan fingerprint density at radius 3 is 2.81 bits per heavy atom. The van der Waals surface area contributed by atoms with Gasteiger partial charge >= 0.3 is 0 Å². The molecule has 0 amide bonds. The van der Waals surface area contributed by atoms with Crippen molar-refractivity contribution in [3.05, 3.63) is 53.9 Å². The maximum atomic E-state index is 5.99.